The Morgan fingerprint density at radius 1 is 0.774 bits per heavy atom. The van der Waals surface area contributed by atoms with Crippen LogP contribution in [-0.4, -0.2) is 70.1 Å². The van der Waals surface area contributed by atoms with Crippen LogP contribution in [0.15, 0.2) is 36.7 Å². The van der Waals surface area contributed by atoms with Crippen molar-refractivity contribution in [1.29, 1.82) is 0 Å². The Bertz CT molecular complexity index is 1000. The topological polar surface area (TPSA) is 68.5 Å². The highest BCUT2D eigenvalue weighted by molar-refractivity contribution is 5.76. The Balaban J connectivity index is 1.60. The summed E-state index contributed by atoms with van der Waals surface area (Å²) in [5.74, 6) is 2.48. The Morgan fingerprint density at radius 2 is 1.29 bits per heavy atom. The third kappa shape index (κ3) is 4.09. The number of hydrogen-bond acceptors (Lipinski definition) is 7. The van der Waals surface area contributed by atoms with Crippen molar-refractivity contribution in [3.8, 4) is 5.95 Å². The minimum atomic E-state index is 0.156. The van der Waals surface area contributed by atoms with Crippen molar-refractivity contribution in [2.24, 2.45) is 0 Å². The molecule has 2 aliphatic rings. The number of imidazole rings is 1. The van der Waals surface area contributed by atoms with E-state index in [1.165, 1.54) is 0 Å². The van der Waals surface area contributed by atoms with Gasteiger partial charge < -0.3 is 19.3 Å². The van der Waals surface area contributed by atoms with Gasteiger partial charge in [-0.15, -0.1) is 0 Å². The standard InChI is InChI=1S/C23H30N6O2/c1-15-10-27(11-16(2)30-15)21-9-22(28-12-17(3)31-18(4)13-28)26-23(25-21)29-14-24-19-7-5-6-8-20(19)29/h5-9,14-18H,10-13H2,1-4H3. The van der Waals surface area contributed by atoms with E-state index in [4.69, 9.17) is 19.4 Å². The van der Waals surface area contributed by atoms with Gasteiger partial charge in [-0.3, -0.25) is 4.57 Å². The minimum Gasteiger partial charge on any atom is -0.372 e. The predicted octanol–water partition coefficient (Wildman–Crippen LogP) is 3.04. The van der Waals surface area contributed by atoms with Gasteiger partial charge in [0.25, 0.3) is 0 Å². The van der Waals surface area contributed by atoms with E-state index in [0.717, 1.165) is 48.8 Å². The summed E-state index contributed by atoms with van der Waals surface area (Å²) in [6.45, 7) is 11.7. The number of morpholine rings is 2. The quantitative estimate of drug-likeness (QED) is 0.643. The highest BCUT2D eigenvalue weighted by atomic mass is 16.5. The molecule has 0 saturated carbocycles. The van der Waals surface area contributed by atoms with E-state index in [2.05, 4.69) is 54.6 Å². The molecule has 4 heterocycles. The second kappa shape index (κ2) is 8.09. The molecule has 0 radical (unpaired) electrons. The van der Waals surface area contributed by atoms with E-state index in [1.54, 1.807) is 0 Å². The average molecular weight is 423 g/mol. The third-order valence-corrected chi connectivity index (χ3v) is 5.84. The monoisotopic (exact) mass is 422 g/mol. The molecule has 0 spiro atoms. The molecular weight excluding hydrogens is 392 g/mol. The lowest BCUT2D eigenvalue weighted by Gasteiger charge is -2.38. The molecule has 1 aromatic carbocycles. The zero-order valence-corrected chi connectivity index (χ0v) is 18.6. The van der Waals surface area contributed by atoms with Crippen molar-refractivity contribution in [3.05, 3.63) is 36.7 Å². The molecule has 5 rings (SSSR count). The summed E-state index contributed by atoms with van der Waals surface area (Å²) in [6.07, 6.45) is 2.43. The molecule has 2 saturated heterocycles. The summed E-state index contributed by atoms with van der Waals surface area (Å²) in [7, 11) is 0. The summed E-state index contributed by atoms with van der Waals surface area (Å²) in [5.41, 5.74) is 1.93. The maximum atomic E-state index is 5.95. The van der Waals surface area contributed by atoms with Gasteiger partial charge in [-0.05, 0) is 39.8 Å². The van der Waals surface area contributed by atoms with Gasteiger partial charge >= 0.3 is 0 Å². The Labute approximate surface area is 182 Å². The van der Waals surface area contributed by atoms with Crippen LogP contribution < -0.4 is 9.80 Å². The highest BCUT2D eigenvalue weighted by Gasteiger charge is 2.28. The first-order valence-electron chi connectivity index (χ1n) is 11.1. The largest absolute Gasteiger partial charge is 0.372 e. The van der Waals surface area contributed by atoms with Crippen LogP contribution in [0.4, 0.5) is 11.6 Å². The number of para-hydroxylation sites is 2. The zero-order valence-electron chi connectivity index (χ0n) is 18.6. The van der Waals surface area contributed by atoms with Gasteiger partial charge in [0.1, 0.15) is 18.0 Å². The first-order chi connectivity index (χ1) is 15.0. The number of ether oxygens (including phenoxy) is 2. The van der Waals surface area contributed by atoms with Crippen molar-refractivity contribution in [3.63, 3.8) is 0 Å². The second-order valence-corrected chi connectivity index (χ2v) is 8.81. The number of rotatable bonds is 3. The SMILES string of the molecule is CC1CN(c2cc(N3CC(C)OC(C)C3)nc(-n3cnc4ccccc43)n2)CC(C)O1. The van der Waals surface area contributed by atoms with Gasteiger partial charge in [-0.1, -0.05) is 12.1 Å². The summed E-state index contributed by atoms with van der Waals surface area (Å²) in [5, 5.41) is 0. The summed E-state index contributed by atoms with van der Waals surface area (Å²) in [4.78, 5) is 19.1. The molecule has 0 N–H and O–H groups in total. The van der Waals surface area contributed by atoms with Crippen molar-refractivity contribution in [2.45, 2.75) is 52.1 Å². The number of aromatic nitrogens is 4. The summed E-state index contributed by atoms with van der Waals surface area (Å²) >= 11 is 0. The maximum Gasteiger partial charge on any atom is 0.239 e. The fourth-order valence-electron chi connectivity index (χ4n) is 4.69. The molecule has 4 unspecified atom stereocenters. The van der Waals surface area contributed by atoms with Gasteiger partial charge in [-0.2, -0.15) is 9.97 Å². The molecule has 2 aromatic heterocycles. The number of hydrogen-bond donors (Lipinski definition) is 0. The van der Waals surface area contributed by atoms with Crippen LogP contribution in [0, 0.1) is 0 Å². The van der Waals surface area contributed by atoms with E-state index >= 15 is 0 Å². The molecule has 8 nitrogen and oxygen atoms in total. The molecule has 8 heteroatoms. The first kappa shape index (κ1) is 20.2. The van der Waals surface area contributed by atoms with Crippen LogP contribution >= 0.6 is 0 Å². The van der Waals surface area contributed by atoms with Crippen molar-refractivity contribution < 1.29 is 9.47 Å². The normalized spacial score (nSPS) is 27.1. The first-order valence-corrected chi connectivity index (χ1v) is 11.1. The highest BCUT2D eigenvalue weighted by Crippen LogP contribution is 2.27. The maximum absolute atomic E-state index is 5.95. The number of nitrogens with zero attached hydrogens (tertiary/aromatic N) is 6. The fourth-order valence-corrected chi connectivity index (χ4v) is 4.69. The number of fused-ring (bicyclic) bond motifs is 1. The van der Waals surface area contributed by atoms with E-state index in [0.29, 0.717) is 5.95 Å². The van der Waals surface area contributed by atoms with E-state index in [-0.39, 0.29) is 24.4 Å². The van der Waals surface area contributed by atoms with Gasteiger partial charge in [0.15, 0.2) is 0 Å². The zero-order chi connectivity index (χ0) is 21.5. The summed E-state index contributed by atoms with van der Waals surface area (Å²) in [6, 6.07) is 10.2. The Kier molecular flexibility index (Phi) is 5.27. The summed E-state index contributed by atoms with van der Waals surface area (Å²) < 4.78 is 13.9. The van der Waals surface area contributed by atoms with Crippen molar-refractivity contribution in [1.82, 2.24) is 19.5 Å². The van der Waals surface area contributed by atoms with E-state index in [1.807, 2.05) is 29.1 Å². The van der Waals surface area contributed by atoms with Crippen molar-refractivity contribution in [2.75, 3.05) is 36.0 Å². The van der Waals surface area contributed by atoms with E-state index < -0.39 is 0 Å². The Morgan fingerprint density at radius 3 is 1.84 bits per heavy atom. The lowest BCUT2D eigenvalue weighted by Crippen LogP contribution is -2.47. The number of benzene rings is 1. The molecule has 164 valence electrons. The van der Waals surface area contributed by atoms with Crippen LogP contribution in [0.2, 0.25) is 0 Å². The van der Waals surface area contributed by atoms with Crippen LogP contribution in [0.25, 0.3) is 17.0 Å². The minimum absolute atomic E-state index is 0.156. The van der Waals surface area contributed by atoms with Gasteiger partial charge in [-0.25, -0.2) is 4.98 Å². The third-order valence-electron chi connectivity index (χ3n) is 5.84. The van der Waals surface area contributed by atoms with Crippen LogP contribution in [0.5, 0.6) is 0 Å². The molecular formula is C23H30N6O2. The molecule has 0 bridgehead atoms. The van der Waals surface area contributed by atoms with Gasteiger partial charge in [0, 0.05) is 32.2 Å². The Hall–Kier alpha value is -2.71. The molecule has 4 atom stereocenters. The van der Waals surface area contributed by atoms with Gasteiger partial charge in [0.05, 0.1) is 35.4 Å². The van der Waals surface area contributed by atoms with Crippen LogP contribution in [0.1, 0.15) is 27.7 Å². The number of anilines is 2. The lowest BCUT2D eigenvalue weighted by atomic mass is 10.2. The molecule has 2 fully saturated rings. The molecule has 31 heavy (non-hydrogen) atoms. The average Bonchev–Trinajstić information content (AvgIpc) is 3.16. The second-order valence-electron chi connectivity index (χ2n) is 8.81. The van der Waals surface area contributed by atoms with Crippen molar-refractivity contribution >= 4 is 22.7 Å². The van der Waals surface area contributed by atoms with E-state index in [9.17, 15) is 0 Å². The fraction of sp³-hybridized carbons (Fsp3) is 0.522. The van der Waals surface area contributed by atoms with Crippen LogP contribution in [-0.2, 0) is 9.47 Å². The predicted molar refractivity (Wildman–Crippen MR) is 121 cm³/mol. The molecule has 0 aliphatic carbocycles. The van der Waals surface area contributed by atoms with Gasteiger partial charge in [0.2, 0.25) is 5.95 Å². The lowest BCUT2D eigenvalue weighted by molar-refractivity contribution is -0.00566. The molecule has 0 amide bonds. The smallest absolute Gasteiger partial charge is 0.239 e. The van der Waals surface area contributed by atoms with Crippen LogP contribution in [0.3, 0.4) is 0 Å². The molecule has 2 aliphatic heterocycles. The molecule has 3 aromatic rings.